The number of rotatable bonds is 7. The molecule has 160 valence electrons. The number of piperidine rings is 1. The summed E-state index contributed by atoms with van der Waals surface area (Å²) in [5, 5.41) is 4.31. The minimum Gasteiger partial charge on any atom is -0.339 e. The van der Waals surface area contributed by atoms with Crippen molar-refractivity contribution in [1.29, 1.82) is 0 Å². The van der Waals surface area contributed by atoms with E-state index in [1.807, 2.05) is 6.07 Å². The van der Waals surface area contributed by atoms with Gasteiger partial charge < -0.3 is 9.42 Å². The Bertz CT molecular complexity index is 882. The van der Waals surface area contributed by atoms with E-state index in [0.717, 1.165) is 43.7 Å². The molecule has 0 N–H and O–H groups in total. The smallest absolute Gasteiger partial charge is 0.231 e. The van der Waals surface area contributed by atoms with Crippen LogP contribution in [0.15, 0.2) is 59.1 Å². The maximum absolute atomic E-state index is 5.58. The number of halogens is 1. The molecule has 3 aromatic rings. The molecule has 0 amide bonds. The lowest BCUT2D eigenvalue weighted by Crippen LogP contribution is -2.40. The number of hydrogen-bond acceptors (Lipinski definition) is 4. The van der Waals surface area contributed by atoms with E-state index in [1.165, 1.54) is 29.5 Å². The monoisotopic (exact) mass is 425 g/mol. The molecule has 0 spiro atoms. The Labute approximate surface area is 186 Å². The van der Waals surface area contributed by atoms with E-state index in [1.54, 1.807) is 0 Å². The normalized spacial score (nSPS) is 15.3. The highest BCUT2D eigenvalue weighted by atomic mass is 35.5. The Hall–Kier alpha value is -2.17. The largest absolute Gasteiger partial charge is 0.339 e. The molecule has 1 aromatic heterocycles. The molecule has 0 unspecified atom stereocenters. The first-order valence-corrected chi connectivity index (χ1v) is 11.0. The summed E-state index contributed by atoms with van der Waals surface area (Å²) in [6.45, 7) is 6.86. The second-order valence-electron chi connectivity index (χ2n) is 8.07. The van der Waals surface area contributed by atoms with Crippen LogP contribution in [0, 0.1) is 0 Å². The molecule has 5 heteroatoms. The van der Waals surface area contributed by atoms with Crippen molar-refractivity contribution >= 4 is 12.4 Å². The fourth-order valence-corrected chi connectivity index (χ4v) is 4.45. The number of likely N-dealkylation sites (tertiary alicyclic amines) is 1. The molecule has 0 atom stereocenters. The molecular weight excluding hydrogens is 394 g/mol. The molecule has 0 bridgehead atoms. The maximum atomic E-state index is 5.58. The van der Waals surface area contributed by atoms with Gasteiger partial charge in [0.2, 0.25) is 5.89 Å². The van der Waals surface area contributed by atoms with E-state index < -0.39 is 0 Å². The Morgan fingerprint density at radius 2 is 1.57 bits per heavy atom. The van der Waals surface area contributed by atoms with Crippen LogP contribution in [0.3, 0.4) is 0 Å². The van der Waals surface area contributed by atoms with Crippen molar-refractivity contribution in [2.45, 2.75) is 57.9 Å². The van der Waals surface area contributed by atoms with E-state index in [4.69, 9.17) is 9.51 Å². The third-order valence-electron chi connectivity index (χ3n) is 6.25. The van der Waals surface area contributed by atoms with Crippen molar-refractivity contribution in [3.63, 3.8) is 0 Å². The Balaban J connectivity index is 0.00000256. The van der Waals surface area contributed by atoms with Crippen LogP contribution in [-0.4, -0.2) is 34.2 Å². The van der Waals surface area contributed by atoms with Crippen LogP contribution in [0.25, 0.3) is 11.1 Å². The van der Waals surface area contributed by atoms with Gasteiger partial charge in [0, 0.05) is 12.0 Å². The summed E-state index contributed by atoms with van der Waals surface area (Å²) in [6, 6.07) is 19.8. The van der Waals surface area contributed by atoms with Gasteiger partial charge in [-0.2, -0.15) is 4.98 Å². The summed E-state index contributed by atoms with van der Waals surface area (Å²) in [5.74, 6) is 2.04. The summed E-state index contributed by atoms with van der Waals surface area (Å²) >= 11 is 0. The molecule has 4 nitrogen and oxygen atoms in total. The van der Waals surface area contributed by atoms with Crippen LogP contribution in [0.1, 0.15) is 62.7 Å². The Morgan fingerprint density at radius 3 is 2.20 bits per heavy atom. The van der Waals surface area contributed by atoms with Crippen molar-refractivity contribution < 1.29 is 4.52 Å². The fourth-order valence-electron chi connectivity index (χ4n) is 4.45. The number of benzene rings is 2. The zero-order valence-corrected chi connectivity index (χ0v) is 18.8. The van der Waals surface area contributed by atoms with E-state index >= 15 is 0 Å². The third kappa shape index (κ3) is 5.30. The second kappa shape index (κ2) is 10.7. The first-order chi connectivity index (χ1) is 14.3. The van der Waals surface area contributed by atoms with Crippen molar-refractivity contribution in [1.82, 2.24) is 15.0 Å². The van der Waals surface area contributed by atoms with Gasteiger partial charge in [-0.05, 0) is 55.5 Å². The lowest BCUT2D eigenvalue weighted by molar-refractivity contribution is 0.142. The highest BCUT2D eigenvalue weighted by Gasteiger charge is 2.27. The highest BCUT2D eigenvalue weighted by molar-refractivity contribution is 5.85. The first kappa shape index (κ1) is 22.5. The van der Waals surface area contributed by atoms with E-state index in [2.05, 4.69) is 72.4 Å². The number of nitrogens with zero attached hydrogens (tertiary/aromatic N) is 3. The quantitative estimate of drug-likeness (QED) is 0.457. The molecule has 0 radical (unpaired) electrons. The molecule has 0 aliphatic carbocycles. The van der Waals surface area contributed by atoms with Gasteiger partial charge in [0.15, 0.2) is 5.82 Å². The number of aromatic nitrogens is 2. The predicted octanol–water partition coefficient (Wildman–Crippen LogP) is 6.12. The van der Waals surface area contributed by atoms with Crippen molar-refractivity contribution in [2.24, 2.45) is 0 Å². The van der Waals surface area contributed by atoms with Crippen LogP contribution in [-0.2, 0) is 6.42 Å². The molecule has 2 aromatic carbocycles. The molecule has 1 fully saturated rings. The SMILES string of the molecule is CCC(CC)N1CCC(c2noc(Cc3ccc(-c4ccccc4)cc3)n2)CC1.Cl. The van der Waals surface area contributed by atoms with Gasteiger partial charge in [-0.3, -0.25) is 0 Å². The van der Waals surface area contributed by atoms with Gasteiger partial charge in [-0.15, -0.1) is 12.4 Å². The molecular formula is C25H32ClN3O. The van der Waals surface area contributed by atoms with E-state index in [0.29, 0.717) is 12.3 Å². The Kier molecular flexibility index (Phi) is 8.06. The summed E-state index contributed by atoms with van der Waals surface area (Å²) < 4.78 is 5.58. The second-order valence-corrected chi connectivity index (χ2v) is 8.07. The first-order valence-electron chi connectivity index (χ1n) is 11.0. The summed E-state index contributed by atoms with van der Waals surface area (Å²) in [4.78, 5) is 7.35. The topological polar surface area (TPSA) is 42.2 Å². The minimum absolute atomic E-state index is 0. The van der Waals surface area contributed by atoms with Gasteiger partial charge in [0.25, 0.3) is 0 Å². The fraction of sp³-hybridized carbons (Fsp3) is 0.440. The molecule has 1 saturated heterocycles. The zero-order chi connectivity index (χ0) is 20.1. The van der Waals surface area contributed by atoms with Crippen molar-refractivity contribution in [3.8, 4) is 11.1 Å². The van der Waals surface area contributed by atoms with Crippen LogP contribution < -0.4 is 0 Å². The van der Waals surface area contributed by atoms with E-state index in [9.17, 15) is 0 Å². The summed E-state index contributed by atoms with van der Waals surface area (Å²) in [7, 11) is 0. The molecule has 1 aliphatic heterocycles. The number of hydrogen-bond donors (Lipinski definition) is 0. The molecule has 2 heterocycles. The van der Waals surface area contributed by atoms with Crippen molar-refractivity contribution in [3.05, 3.63) is 71.9 Å². The highest BCUT2D eigenvalue weighted by Crippen LogP contribution is 2.28. The van der Waals surface area contributed by atoms with Gasteiger partial charge in [0.05, 0.1) is 6.42 Å². The maximum Gasteiger partial charge on any atom is 0.231 e. The molecule has 1 aliphatic rings. The molecule has 0 saturated carbocycles. The lowest BCUT2D eigenvalue weighted by atomic mass is 9.94. The molecule has 4 rings (SSSR count). The van der Waals surface area contributed by atoms with E-state index in [-0.39, 0.29) is 12.4 Å². The van der Waals surface area contributed by atoms with Gasteiger partial charge in [0.1, 0.15) is 0 Å². The summed E-state index contributed by atoms with van der Waals surface area (Å²) in [6.07, 6.45) is 5.41. The van der Waals surface area contributed by atoms with Crippen LogP contribution >= 0.6 is 12.4 Å². The van der Waals surface area contributed by atoms with Crippen molar-refractivity contribution in [2.75, 3.05) is 13.1 Å². The van der Waals surface area contributed by atoms with Gasteiger partial charge >= 0.3 is 0 Å². The zero-order valence-electron chi connectivity index (χ0n) is 18.0. The van der Waals surface area contributed by atoms with Crippen LogP contribution in [0.4, 0.5) is 0 Å². The average molecular weight is 426 g/mol. The van der Waals surface area contributed by atoms with Crippen LogP contribution in [0.2, 0.25) is 0 Å². The predicted molar refractivity (Wildman–Crippen MR) is 124 cm³/mol. The van der Waals surface area contributed by atoms with Gasteiger partial charge in [-0.1, -0.05) is 73.6 Å². The lowest BCUT2D eigenvalue weighted by Gasteiger charge is -2.36. The minimum atomic E-state index is 0. The standard InChI is InChI=1S/C25H31N3O.ClH/c1-3-23(4-2)28-16-14-22(15-17-28)25-26-24(29-27-25)18-19-10-12-21(13-11-19)20-8-6-5-7-9-20;/h5-13,22-23H,3-4,14-18H2,1-2H3;1H. The molecule has 30 heavy (non-hydrogen) atoms. The summed E-state index contributed by atoms with van der Waals surface area (Å²) in [5.41, 5.74) is 3.66. The van der Waals surface area contributed by atoms with Crippen LogP contribution in [0.5, 0.6) is 0 Å². The van der Waals surface area contributed by atoms with Gasteiger partial charge in [-0.25, -0.2) is 0 Å². The Morgan fingerprint density at radius 1 is 0.933 bits per heavy atom. The average Bonchev–Trinajstić information content (AvgIpc) is 3.25. The third-order valence-corrected chi connectivity index (χ3v) is 6.25.